The van der Waals surface area contributed by atoms with Crippen molar-refractivity contribution in [2.24, 2.45) is 0 Å². The van der Waals surface area contributed by atoms with Crippen molar-refractivity contribution >= 4 is 29.0 Å². The topological polar surface area (TPSA) is 116 Å². The van der Waals surface area contributed by atoms with Crippen molar-refractivity contribution in [1.82, 2.24) is 25.0 Å². The Kier molecular flexibility index (Phi) is 7.31. The van der Waals surface area contributed by atoms with Gasteiger partial charge in [0, 0.05) is 12.7 Å². The minimum absolute atomic E-state index is 0.278. The van der Waals surface area contributed by atoms with Gasteiger partial charge in [-0.2, -0.15) is 10.2 Å². The quantitative estimate of drug-likeness (QED) is 0.378. The molecule has 10 nitrogen and oxygen atoms in total. The number of nitrogens with one attached hydrogen (secondary N) is 2. The summed E-state index contributed by atoms with van der Waals surface area (Å²) in [6.07, 6.45) is 7.27. The van der Waals surface area contributed by atoms with E-state index in [0.717, 1.165) is 5.56 Å². The van der Waals surface area contributed by atoms with Crippen LogP contribution in [0, 0.1) is 0 Å². The van der Waals surface area contributed by atoms with Gasteiger partial charge in [0.25, 0.3) is 0 Å². The monoisotopic (exact) mass is 479 g/mol. The summed E-state index contributed by atoms with van der Waals surface area (Å²) in [5, 5.41) is 13.8. The van der Waals surface area contributed by atoms with Gasteiger partial charge >= 0.3 is 6.03 Å². The molecule has 1 aromatic carbocycles. The number of benzene rings is 1. The van der Waals surface area contributed by atoms with Crippen molar-refractivity contribution in [1.29, 1.82) is 0 Å². The average Bonchev–Trinajstić information content (AvgIpc) is 3.37. The molecule has 34 heavy (non-hydrogen) atoms. The number of carbonyl (C=O) groups is 1. The number of hydrogen-bond donors (Lipinski definition) is 2. The molecule has 174 valence electrons. The van der Waals surface area contributed by atoms with Gasteiger partial charge in [-0.3, -0.25) is 4.98 Å². The molecule has 1 atom stereocenters. The van der Waals surface area contributed by atoms with Gasteiger partial charge in [0.05, 0.1) is 53.5 Å². The zero-order valence-corrected chi connectivity index (χ0v) is 19.2. The molecule has 0 aliphatic heterocycles. The fraction of sp³-hybridized carbons (Fsp3) is 0.174. The number of halogens is 1. The van der Waals surface area contributed by atoms with Gasteiger partial charge in [0.1, 0.15) is 12.4 Å². The molecule has 0 bridgehead atoms. The van der Waals surface area contributed by atoms with Gasteiger partial charge in [-0.25, -0.2) is 9.78 Å². The van der Waals surface area contributed by atoms with Crippen molar-refractivity contribution in [3.63, 3.8) is 0 Å². The zero-order valence-electron chi connectivity index (χ0n) is 18.5. The highest BCUT2D eigenvalue weighted by atomic mass is 35.5. The Morgan fingerprint density at radius 1 is 1.12 bits per heavy atom. The van der Waals surface area contributed by atoms with E-state index in [1.54, 1.807) is 19.4 Å². The first-order chi connectivity index (χ1) is 16.5. The lowest BCUT2D eigenvalue weighted by Gasteiger charge is -2.20. The van der Waals surface area contributed by atoms with E-state index in [9.17, 15) is 4.79 Å². The minimum Gasteiger partial charge on any atom is -0.487 e. The summed E-state index contributed by atoms with van der Waals surface area (Å²) in [7, 11) is 1.58. The highest BCUT2D eigenvalue weighted by molar-refractivity contribution is 6.32. The van der Waals surface area contributed by atoms with Crippen LogP contribution in [0.4, 0.5) is 16.2 Å². The zero-order chi connectivity index (χ0) is 23.9. The number of anilines is 2. The van der Waals surface area contributed by atoms with E-state index >= 15 is 0 Å². The van der Waals surface area contributed by atoms with Crippen LogP contribution in [-0.2, 0) is 11.3 Å². The molecule has 3 aromatic heterocycles. The molecular weight excluding hydrogens is 458 g/mol. The van der Waals surface area contributed by atoms with Crippen LogP contribution >= 0.6 is 11.6 Å². The number of methoxy groups -OCH3 is 1. The first-order valence-corrected chi connectivity index (χ1v) is 10.7. The minimum atomic E-state index is -0.505. The summed E-state index contributed by atoms with van der Waals surface area (Å²) in [6, 6.07) is 10.8. The van der Waals surface area contributed by atoms with Crippen LogP contribution in [0.25, 0.3) is 5.82 Å². The molecule has 2 amide bonds. The van der Waals surface area contributed by atoms with E-state index in [1.165, 1.54) is 29.6 Å². The third kappa shape index (κ3) is 5.48. The predicted molar refractivity (Wildman–Crippen MR) is 127 cm³/mol. The maximum absolute atomic E-state index is 12.7. The lowest BCUT2D eigenvalue weighted by molar-refractivity contribution is 0.116. The lowest BCUT2D eigenvalue weighted by Crippen LogP contribution is -2.21. The van der Waals surface area contributed by atoms with Crippen LogP contribution in [0.5, 0.6) is 5.75 Å². The van der Waals surface area contributed by atoms with E-state index in [-0.39, 0.29) is 11.1 Å². The van der Waals surface area contributed by atoms with Gasteiger partial charge in [-0.15, -0.1) is 4.80 Å². The molecule has 0 fully saturated rings. The van der Waals surface area contributed by atoms with Crippen LogP contribution in [0.1, 0.15) is 24.2 Å². The van der Waals surface area contributed by atoms with Crippen LogP contribution in [0.2, 0.25) is 5.02 Å². The largest absolute Gasteiger partial charge is 0.487 e. The van der Waals surface area contributed by atoms with E-state index in [1.807, 2.05) is 37.3 Å². The Labute approximate surface area is 200 Å². The highest BCUT2D eigenvalue weighted by Crippen LogP contribution is 2.34. The molecule has 11 heteroatoms. The van der Waals surface area contributed by atoms with Gasteiger partial charge < -0.3 is 20.1 Å². The number of aromatic nitrogens is 5. The average molecular weight is 480 g/mol. The van der Waals surface area contributed by atoms with Crippen LogP contribution in [0.15, 0.2) is 67.4 Å². The Bertz CT molecular complexity index is 1250. The van der Waals surface area contributed by atoms with E-state index in [4.69, 9.17) is 21.1 Å². The fourth-order valence-corrected chi connectivity index (χ4v) is 3.44. The maximum atomic E-state index is 12.7. The molecule has 0 saturated heterocycles. The smallest absolute Gasteiger partial charge is 0.323 e. The number of rotatable bonds is 8. The van der Waals surface area contributed by atoms with Crippen molar-refractivity contribution in [3.8, 4) is 11.6 Å². The second kappa shape index (κ2) is 10.7. The summed E-state index contributed by atoms with van der Waals surface area (Å²) in [5.41, 5.74) is 2.52. The van der Waals surface area contributed by atoms with Crippen molar-refractivity contribution in [3.05, 3.63) is 83.5 Å². The molecule has 0 aliphatic rings. The molecule has 0 aliphatic carbocycles. The van der Waals surface area contributed by atoms with Gasteiger partial charge in [-0.05, 0) is 18.6 Å². The molecule has 2 N–H and O–H groups in total. The van der Waals surface area contributed by atoms with E-state index < -0.39 is 6.03 Å². The van der Waals surface area contributed by atoms with Gasteiger partial charge in [0.2, 0.25) is 0 Å². The summed E-state index contributed by atoms with van der Waals surface area (Å²) in [6.45, 7) is 2.21. The Morgan fingerprint density at radius 2 is 1.88 bits per heavy atom. The number of hydrogen-bond acceptors (Lipinski definition) is 7. The number of pyridine rings is 2. The van der Waals surface area contributed by atoms with Crippen LogP contribution < -0.4 is 15.4 Å². The molecule has 0 radical (unpaired) electrons. The second-order valence-corrected chi connectivity index (χ2v) is 7.59. The first-order valence-electron chi connectivity index (χ1n) is 10.3. The van der Waals surface area contributed by atoms with Crippen molar-refractivity contribution in [2.75, 3.05) is 17.7 Å². The second-order valence-electron chi connectivity index (χ2n) is 7.18. The molecule has 4 aromatic rings. The van der Waals surface area contributed by atoms with Gasteiger partial charge in [0.15, 0.2) is 5.82 Å². The number of amides is 2. The number of carbonyl (C=O) groups excluding carboxylic acids is 1. The first kappa shape index (κ1) is 23.1. The third-order valence-corrected chi connectivity index (χ3v) is 5.16. The number of nitrogens with zero attached hydrogens (tertiary/aromatic N) is 5. The molecule has 0 spiro atoms. The molecule has 0 saturated carbocycles. The van der Waals surface area contributed by atoms with E-state index in [0.29, 0.717) is 35.1 Å². The van der Waals surface area contributed by atoms with E-state index in [2.05, 4.69) is 30.8 Å². The Morgan fingerprint density at radius 3 is 2.59 bits per heavy atom. The normalized spacial score (nSPS) is 11.6. The summed E-state index contributed by atoms with van der Waals surface area (Å²) >= 11 is 6.28. The van der Waals surface area contributed by atoms with Crippen LogP contribution in [0.3, 0.4) is 0 Å². The number of urea groups is 1. The summed E-state index contributed by atoms with van der Waals surface area (Å²) < 4.78 is 11.5. The molecule has 4 rings (SSSR count). The lowest BCUT2D eigenvalue weighted by atomic mass is 10.1. The SMILES string of the molecule is CO[C@H](C)c1c(NC(=O)Nc2cnc(-n3nccn3)c(Cl)c2)cncc1OCc1ccccc1. The van der Waals surface area contributed by atoms with Crippen LogP contribution in [-0.4, -0.2) is 38.1 Å². The Balaban J connectivity index is 1.50. The standard InChI is InChI=1S/C23H22ClN7O3/c1-15(33-2)21-19(12-25-13-20(21)34-14-16-6-4-3-5-7-16)30-23(32)29-17-10-18(24)22(26-11-17)31-27-8-9-28-31/h3-13,15H,14H2,1-2H3,(H2,29,30,32)/t15-/m1/s1. The summed E-state index contributed by atoms with van der Waals surface area (Å²) in [4.78, 5) is 22.5. The number of ether oxygens (including phenoxy) is 2. The fourth-order valence-electron chi connectivity index (χ4n) is 3.19. The molecular formula is C23H22ClN7O3. The molecule has 3 heterocycles. The summed E-state index contributed by atoms with van der Waals surface area (Å²) in [5.74, 6) is 0.859. The molecule has 0 unspecified atom stereocenters. The van der Waals surface area contributed by atoms with Crippen molar-refractivity contribution < 1.29 is 14.3 Å². The maximum Gasteiger partial charge on any atom is 0.323 e. The van der Waals surface area contributed by atoms with Gasteiger partial charge in [-0.1, -0.05) is 41.9 Å². The Hall–Kier alpha value is -4.02. The predicted octanol–water partition coefficient (Wildman–Crippen LogP) is 4.64. The van der Waals surface area contributed by atoms with Crippen molar-refractivity contribution in [2.45, 2.75) is 19.6 Å². The highest BCUT2D eigenvalue weighted by Gasteiger charge is 2.19. The third-order valence-electron chi connectivity index (χ3n) is 4.88.